The molecule has 0 saturated heterocycles. The number of ketones is 2. The maximum absolute atomic E-state index is 13.3. The molecule has 0 N–H and O–H groups in total. The van der Waals surface area contributed by atoms with Crippen LogP contribution in [0.5, 0.6) is 0 Å². The van der Waals surface area contributed by atoms with Gasteiger partial charge in [-0.2, -0.15) is 0 Å². The number of carbonyl (C=O) groups excluding carboxylic acids is 3. The molecular formula is C24H16O4. The molecule has 28 heavy (non-hydrogen) atoms. The number of benzene rings is 3. The Balaban J connectivity index is 2.09. The summed E-state index contributed by atoms with van der Waals surface area (Å²) in [5.74, 6) is -1.31. The van der Waals surface area contributed by atoms with Gasteiger partial charge in [0.2, 0.25) is 5.78 Å². The number of rotatable bonds is 3. The van der Waals surface area contributed by atoms with Crippen molar-refractivity contribution < 1.29 is 19.1 Å². The molecule has 0 aliphatic heterocycles. The van der Waals surface area contributed by atoms with E-state index in [1.54, 1.807) is 78.9 Å². The van der Waals surface area contributed by atoms with Crippen LogP contribution in [0.15, 0.2) is 84.4 Å². The minimum absolute atomic E-state index is 0.0823. The van der Waals surface area contributed by atoms with E-state index in [0.717, 1.165) is 0 Å². The van der Waals surface area contributed by atoms with E-state index in [4.69, 9.17) is 4.74 Å². The van der Waals surface area contributed by atoms with Crippen molar-refractivity contribution in [3.8, 4) is 0 Å². The number of methoxy groups -OCH3 is 1. The van der Waals surface area contributed by atoms with Crippen molar-refractivity contribution in [2.75, 3.05) is 7.11 Å². The van der Waals surface area contributed by atoms with Crippen molar-refractivity contribution in [2.45, 2.75) is 0 Å². The van der Waals surface area contributed by atoms with Gasteiger partial charge in [-0.1, -0.05) is 78.9 Å². The van der Waals surface area contributed by atoms with Crippen LogP contribution in [0.1, 0.15) is 37.4 Å². The molecule has 1 aliphatic rings. The van der Waals surface area contributed by atoms with Crippen molar-refractivity contribution in [1.29, 1.82) is 0 Å². The molecule has 0 saturated carbocycles. The van der Waals surface area contributed by atoms with E-state index < -0.39 is 11.8 Å². The lowest BCUT2D eigenvalue weighted by Gasteiger charge is -2.23. The lowest BCUT2D eigenvalue weighted by atomic mass is 9.78. The van der Waals surface area contributed by atoms with Crippen LogP contribution in [0, 0.1) is 0 Å². The van der Waals surface area contributed by atoms with E-state index >= 15 is 0 Å². The summed E-state index contributed by atoms with van der Waals surface area (Å²) in [5.41, 5.74) is 2.73. The average Bonchev–Trinajstić information content (AvgIpc) is 2.76. The molecule has 0 atom stereocenters. The molecule has 136 valence electrons. The average molecular weight is 368 g/mol. The highest BCUT2D eigenvalue weighted by Gasteiger charge is 2.33. The predicted octanol–water partition coefficient (Wildman–Crippen LogP) is 4.09. The van der Waals surface area contributed by atoms with E-state index in [9.17, 15) is 14.4 Å². The van der Waals surface area contributed by atoms with E-state index in [2.05, 4.69) is 0 Å². The molecule has 1 aliphatic carbocycles. The third-order valence-electron chi connectivity index (χ3n) is 4.78. The molecule has 0 bridgehead atoms. The Morgan fingerprint density at radius 1 is 0.679 bits per heavy atom. The topological polar surface area (TPSA) is 60.4 Å². The van der Waals surface area contributed by atoms with Gasteiger partial charge >= 0.3 is 5.97 Å². The Bertz CT molecular complexity index is 1090. The SMILES string of the molecule is COC(=O)C(C(=O)c1ccccc1)=C1c2ccccc2C(=O)c2ccccc21. The lowest BCUT2D eigenvalue weighted by molar-refractivity contribution is -0.135. The molecule has 0 unspecified atom stereocenters. The predicted molar refractivity (Wildman–Crippen MR) is 105 cm³/mol. The number of ether oxygens (including phenoxy) is 1. The first-order chi connectivity index (χ1) is 13.6. The first-order valence-corrected chi connectivity index (χ1v) is 8.79. The fraction of sp³-hybridized carbons (Fsp3) is 0.0417. The van der Waals surface area contributed by atoms with Gasteiger partial charge < -0.3 is 4.74 Å². The van der Waals surface area contributed by atoms with E-state index in [1.165, 1.54) is 7.11 Å². The molecule has 4 rings (SSSR count). The smallest absolute Gasteiger partial charge is 0.342 e. The summed E-state index contributed by atoms with van der Waals surface area (Å²) < 4.78 is 4.96. The number of carbonyl (C=O) groups is 3. The Labute approximate surface area is 162 Å². The zero-order valence-electron chi connectivity index (χ0n) is 15.1. The summed E-state index contributed by atoms with van der Waals surface area (Å²) in [5, 5.41) is 0. The minimum atomic E-state index is -0.734. The Kier molecular flexibility index (Phi) is 4.45. The summed E-state index contributed by atoms with van der Waals surface area (Å²) in [6.45, 7) is 0. The number of esters is 1. The highest BCUT2D eigenvalue weighted by atomic mass is 16.5. The van der Waals surface area contributed by atoms with Gasteiger partial charge in [0.15, 0.2) is 5.78 Å². The van der Waals surface area contributed by atoms with Crippen molar-refractivity contribution >= 4 is 23.1 Å². The summed E-state index contributed by atoms with van der Waals surface area (Å²) in [7, 11) is 1.24. The second-order valence-corrected chi connectivity index (χ2v) is 6.36. The molecule has 0 spiro atoms. The number of fused-ring (bicyclic) bond motifs is 2. The van der Waals surface area contributed by atoms with Crippen molar-refractivity contribution in [2.24, 2.45) is 0 Å². The summed E-state index contributed by atoms with van der Waals surface area (Å²) in [6.07, 6.45) is 0. The number of hydrogen-bond donors (Lipinski definition) is 0. The van der Waals surface area contributed by atoms with Crippen LogP contribution in [0.4, 0.5) is 0 Å². The number of hydrogen-bond acceptors (Lipinski definition) is 4. The first-order valence-electron chi connectivity index (χ1n) is 8.79. The second kappa shape index (κ2) is 7.08. The molecule has 4 heteroatoms. The van der Waals surface area contributed by atoms with Crippen LogP contribution in [0.25, 0.3) is 5.57 Å². The maximum atomic E-state index is 13.3. The third-order valence-corrected chi connectivity index (χ3v) is 4.78. The highest BCUT2D eigenvalue weighted by Crippen LogP contribution is 2.38. The van der Waals surface area contributed by atoms with Crippen LogP contribution in [-0.4, -0.2) is 24.6 Å². The van der Waals surface area contributed by atoms with Crippen molar-refractivity contribution in [1.82, 2.24) is 0 Å². The van der Waals surface area contributed by atoms with E-state index in [-0.39, 0.29) is 11.4 Å². The Morgan fingerprint density at radius 2 is 1.14 bits per heavy atom. The van der Waals surface area contributed by atoms with Crippen LogP contribution in [-0.2, 0) is 9.53 Å². The van der Waals surface area contributed by atoms with E-state index in [0.29, 0.717) is 33.4 Å². The van der Waals surface area contributed by atoms with Gasteiger partial charge in [0.05, 0.1) is 7.11 Å². The first kappa shape index (κ1) is 17.6. The molecule has 3 aromatic rings. The second-order valence-electron chi connectivity index (χ2n) is 6.36. The largest absolute Gasteiger partial charge is 0.465 e. The molecule has 0 fully saturated rings. The van der Waals surface area contributed by atoms with Crippen LogP contribution >= 0.6 is 0 Å². The fourth-order valence-electron chi connectivity index (χ4n) is 3.50. The summed E-state index contributed by atoms with van der Waals surface area (Å²) in [4.78, 5) is 39.0. The molecule has 0 aromatic heterocycles. The molecule has 0 radical (unpaired) electrons. The van der Waals surface area contributed by atoms with Gasteiger partial charge in [0.1, 0.15) is 5.57 Å². The van der Waals surface area contributed by atoms with Gasteiger partial charge in [0.25, 0.3) is 0 Å². The van der Waals surface area contributed by atoms with Crippen LogP contribution in [0.2, 0.25) is 0 Å². The monoisotopic (exact) mass is 368 g/mol. The third kappa shape index (κ3) is 2.76. The normalized spacial score (nSPS) is 12.0. The van der Waals surface area contributed by atoms with Gasteiger partial charge in [-0.25, -0.2) is 4.79 Å². The van der Waals surface area contributed by atoms with Gasteiger partial charge in [-0.05, 0) is 11.1 Å². The van der Waals surface area contributed by atoms with E-state index in [1.807, 2.05) is 0 Å². The maximum Gasteiger partial charge on any atom is 0.342 e. The standard InChI is InChI=1S/C24H16O4/c1-28-24(27)21(22(25)15-9-3-2-4-10-15)20-16-11-5-7-13-18(16)23(26)19-14-8-6-12-17(19)20/h2-14H,1H3. The van der Waals surface area contributed by atoms with Crippen LogP contribution in [0.3, 0.4) is 0 Å². The zero-order valence-corrected chi connectivity index (χ0v) is 15.1. The van der Waals surface area contributed by atoms with Crippen LogP contribution < -0.4 is 0 Å². The minimum Gasteiger partial charge on any atom is -0.465 e. The zero-order chi connectivity index (χ0) is 19.7. The van der Waals surface area contributed by atoms with Gasteiger partial charge in [-0.3, -0.25) is 9.59 Å². The summed E-state index contributed by atoms with van der Waals surface area (Å²) >= 11 is 0. The van der Waals surface area contributed by atoms with Gasteiger partial charge in [-0.15, -0.1) is 0 Å². The number of Topliss-reactive ketones (excluding diaryl/α,β-unsaturated/α-hetero) is 1. The highest BCUT2D eigenvalue weighted by molar-refractivity contribution is 6.32. The lowest BCUT2D eigenvalue weighted by Crippen LogP contribution is -2.22. The molecule has 3 aromatic carbocycles. The van der Waals surface area contributed by atoms with Crippen molar-refractivity contribution in [3.63, 3.8) is 0 Å². The quantitative estimate of drug-likeness (QED) is 0.180. The molecule has 0 amide bonds. The fourth-order valence-corrected chi connectivity index (χ4v) is 3.50. The Hall–Kier alpha value is -3.79. The molecule has 0 heterocycles. The van der Waals surface area contributed by atoms with Gasteiger partial charge in [0, 0.05) is 22.3 Å². The molecular weight excluding hydrogens is 352 g/mol. The Morgan fingerprint density at radius 3 is 1.64 bits per heavy atom. The summed E-state index contributed by atoms with van der Waals surface area (Å²) in [6, 6.07) is 22.6. The molecule has 4 nitrogen and oxygen atoms in total. The van der Waals surface area contributed by atoms with Crippen molar-refractivity contribution in [3.05, 3.63) is 112 Å².